The van der Waals surface area contributed by atoms with Crippen molar-refractivity contribution in [1.29, 1.82) is 0 Å². The zero-order valence-corrected chi connectivity index (χ0v) is 8.30. The van der Waals surface area contributed by atoms with Crippen molar-refractivity contribution in [3.05, 3.63) is 11.9 Å². The third kappa shape index (κ3) is 3.47. The number of hydroxylamine groups is 1. The maximum absolute atomic E-state index is 11.2. The Morgan fingerprint density at radius 1 is 1.77 bits per heavy atom. The standard InChI is InChI=1S/C7H11N3O2S/c1-5(2)4-12-9-7(11)6-3-8-13-10-6/h3,5H,4H2,1-2H3,(H,9,11). The zero-order valence-electron chi connectivity index (χ0n) is 7.48. The molecule has 1 amide bonds. The minimum absolute atomic E-state index is 0.286. The average molecular weight is 201 g/mol. The minimum atomic E-state index is -0.352. The van der Waals surface area contributed by atoms with E-state index in [1.54, 1.807) is 0 Å². The molecule has 0 aromatic carbocycles. The van der Waals surface area contributed by atoms with Gasteiger partial charge in [-0.2, -0.15) is 8.75 Å². The SMILES string of the molecule is CC(C)CONC(=O)c1cnsn1. The highest BCUT2D eigenvalue weighted by Crippen LogP contribution is 1.95. The van der Waals surface area contributed by atoms with Crippen molar-refractivity contribution in [2.75, 3.05) is 6.61 Å². The molecule has 0 aliphatic rings. The van der Waals surface area contributed by atoms with Crippen molar-refractivity contribution < 1.29 is 9.63 Å². The summed E-state index contributed by atoms with van der Waals surface area (Å²) in [6, 6.07) is 0. The summed E-state index contributed by atoms with van der Waals surface area (Å²) < 4.78 is 7.45. The Bertz CT molecular complexity index is 261. The van der Waals surface area contributed by atoms with Crippen molar-refractivity contribution in [1.82, 2.24) is 14.2 Å². The predicted molar refractivity (Wildman–Crippen MR) is 48.2 cm³/mol. The van der Waals surface area contributed by atoms with Crippen LogP contribution >= 0.6 is 11.7 Å². The molecule has 0 aliphatic heterocycles. The normalized spacial score (nSPS) is 10.4. The lowest BCUT2D eigenvalue weighted by Crippen LogP contribution is -2.25. The first-order valence-corrected chi connectivity index (χ1v) is 4.63. The lowest BCUT2D eigenvalue weighted by atomic mass is 10.2. The third-order valence-corrected chi connectivity index (χ3v) is 1.65. The van der Waals surface area contributed by atoms with Crippen LogP contribution in [0.3, 0.4) is 0 Å². The van der Waals surface area contributed by atoms with Gasteiger partial charge in [0.2, 0.25) is 0 Å². The first-order valence-electron chi connectivity index (χ1n) is 3.90. The van der Waals surface area contributed by atoms with Gasteiger partial charge in [0.05, 0.1) is 24.5 Å². The smallest absolute Gasteiger partial charge is 0.273 e. The Balaban J connectivity index is 2.27. The van der Waals surface area contributed by atoms with Gasteiger partial charge in [-0.25, -0.2) is 5.48 Å². The molecule has 1 rings (SSSR count). The van der Waals surface area contributed by atoms with Crippen LogP contribution < -0.4 is 5.48 Å². The van der Waals surface area contributed by atoms with Gasteiger partial charge in [0.25, 0.3) is 5.91 Å². The van der Waals surface area contributed by atoms with Crippen LogP contribution in [0.2, 0.25) is 0 Å². The highest BCUT2D eigenvalue weighted by molar-refractivity contribution is 6.99. The van der Waals surface area contributed by atoms with Crippen molar-refractivity contribution in [2.24, 2.45) is 5.92 Å². The molecule has 0 fully saturated rings. The topological polar surface area (TPSA) is 64.1 Å². The number of hydrogen-bond donors (Lipinski definition) is 1. The Morgan fingerprint density at radius 3 is 3.08 bits per heavy atom. The molecule has 0 atom stereocenters. The maximum atomic E-state index is 11.2. The van der Waals surface area contributed by atoms with Gasteiger partial charge in [-0.05, 0) is 5.92 Å². The molecule has 72 valence electrons. The largest absolute Gasteiger partial charge is 0.296 e. The van der Waals surface area contributed by atoms with Gasteiger partial charge >= 0.3 is 0 Å². The van der Waals surface area contributed by atoms with Gasteiger partial charge in [-0.3, -0.25) is 9.63 Å². The van der Waals surface area contributed by atoms with Gasteiger partial charge in [-0.1, -0.05) is 13.8 Å². The number of carbonyl (C=O) groups excluding carboxylic acids is 1. The maximum Gasteiger partial charge on any atom is 0.296 e. The molecule has 0 unspecified atom stereocenters. The predicted octanol–water partition coefficient (Wildman–Crippen LogP) is 0.855. The second kappa shape index (κ2) is 4.88. The number of aromatic nitrogens is 2. The number of nitrogens with one attached hydrogen (secondary N) is 1. The Hall–Kier alpha value is -1.01. The quantitative estimate of drug-likeness (QED) is 0.734. The third-order valence-electron chi connectivity index (χ3n) is 1.18. The van der Waals surface area contributed by atoms with E-state index in [0.717, 1.165) is 11.7 Å². The summed E-state index contributed by atoms with van der Waals surface area (Å²) in [6.45, 7) is 4.48. The van der Waals surface area contributed by atoms with Crippen molar-refractivity contribution in [3.8, 4) is 0 Å². The summed E-state index contributed by atoms with van der Waals surface area (Å²) in [7, 11) is 0. The van der Waals surface area contributed by atoms with Gasteiger partial charge in [0.1, 0.15) is 0 Å². The van der Waals surface area contributed by atoms with Crippen LogP contribution in [-0.4, -0.2) is 21.3 Å². The van der Waals surface area contributed by atoms with E-state index in [2.05, 4.69) is 14.2 Å². The van der Waals surface area contributed by atoms with Gasteiger partial charge in [0.15, 0.2) is 5.69 Å². The van der Waals surface area contributed by atoms with E-state index in [1.807, 2.05) is 13.8 Å². The van der Waals surface area contributed by atoms with Crippen LogP contribution in [0.4, 0.5) is 0 Å². The van der Waals surface area contributed by atoms with Crippen LogP contribution in [0.15, 0.2) is 6.20 Å². The van der Waals surface area contributed by atoms with E-state index in [1.165, 1.54) is 6.20 Å². The average Bonchev–Trinajstić information content (AvgIpc) is 2.55. The first kappa shape index (κ1) is 10.1. The summed E-state index contributed by atoms with van der Waals surface area (Å²) in [5.41, 5.74) is 2.57. The van der Waals surface area contributed by atoms with Crippen LogP contribution in [0.1, 0.15) is 24.3 Å². The van der Waals surface area contributed by atoms with Gasteiger partial charge in [0, 0.05) is 0 Å². The molecule has 1 aromatic rings. The molecular weight excluding hydrogens is 190 g/mol. The Labute approximate surface area is 80.4 Å². The van der Waals surface area contributed by atoms with Crippen molar-refractivity contribution >= 4 is 17.6 Å². The molecule has 0 radical (unpaired) electrons. The number of rotatable bonds is 4. The van der Waals surface area contributed by atoms with E-state index in [9.17, 15) is 4.79 Å². The zero-order chi connectivity index (χ0) is 9.68. The lowest BCUT2D eigenvalue weighted by molar-refractivity contribution is 0.0205. The molecule has 0 aliphatic carbocycles. The monoisotopic (exact) mass is 201 g/mol. The fourth-order valence-electron chi connectivity index (χ4n) is 0.591. The Morgan fingerprint density at radius 2 is 2.54 bits per heavy atom. The second-order valence-electron chi connectivity index (χ2n) is 2.93. The van der Waals surface area contributed by atoms with E-state index < -0.39 is 0 Å². The fraction of sp³-hybridized carbons (Fsp3) is 0.571. The molecule has 0 saturated carbocycles. The van der Waals surface area contributed by atoms with E-state index in [4.69, 9.17) is 4.84 Å². The van der Waals surface area contributed by atoms with E-state index >= 15 is 0 Å². The summed E-state index contributed by atoms with van der Waals surface area (Å²) >= 11 is 0.991. The van der Waals surface area contributed by atoms with Crippen molar-refractivity contribution in [2.45, 2.75) is 13.8 Å². The molecular formula is C7H11N3O2S. The second-order valence-corrected chi connectivity index (χ2v) is 3.49. The summed E-state index contributed by atoms with van der Waals surface area (Å²) in [5.74, 6) is 0.0308. The molecule has 1 aromatic heterocycles. The Kier molecular flexibility index (Phi) is 3.78. The van der Waals surface area contributed by atoms with E-state index in [-0.39, 0.29) is 11.6 Å². The number of hydrogen-bond acceptors (Lipinski definition) is 5. The molecule has 0 spiro atoms. The molecule has 0 bridgehead atoms. The van der Waals surface area contributed by atoms with Crippen LogP contribution in [-0.2, 0) is 4.84 Å². The highest BCUT2D eigenvalue weighted by Gasteiger charge is 2.07. The van der Waals surface area contributed by atoms with Gasteiger partial charge < -0.3 is 0 Å². The number of carbonyl (C=O) groups is 1. The first-order chi connectivity index (χ1) is 6.20. The molecule has 1 heterocycles. The van der Waals surface area contributed by atoms with Crippen molar-refractivity contribution in [3.63, 3.8) is 0 Å². The number of amides is 1. The highest BCUT2D eigenvalue weighted by atomic mass is 32.1. The lowest BCUT2D eigenvalue weighted by Gasteiger charge is -2.05. The summed E-state index contributed by atoms with van der Waals surface area (Å²) in [4.78, 5) is 16.1. The molecule has 1 N–H and O–H groups in total. The van der Waals surface area contributed by atoms with Gasteiger partial charge in [-0.15, -0.1) is 0 Å². The fourth-order valence-corrected chi connectivity index (χ4v) is 1.00. The van der Waals surface area contributed by atoms with E-state index in [0.29, 0.717) is 12.5 Å². The van der Waals surface area contributed by atoms with Crippen LogP contribution in [0.25, 0.3) is 0 Å². The van der Waals surface area contributed by atoms with Crippen LogP contribution in [0.5, 0.6) is 0 Å². The molecule has 13 heavy (non-hydrogen) atoms. The minimum Gasteiger partial charge on any atom is -0.273 e. The molecule has 6 heteroatoms. The molecule has 5 nitrogen and oxygen atoms in total. The summed E-state index contributed by atoms with van der Waals surface area (Å²) in [6.07, 6.45) is 1.40. The molecule has 0 saturated heterocycles. The van der Waals surface area contributed by atoms with Crippen LogP contribution in [0, 0.1) is 5.92 Å². The summed E-state index contributed by atoms with van der Waals surface area (Å²) in [5, 5.41) is 0. The number of nitrogens with zero attached hydrogens (tertiary/aromatic N) is 2.